The van der Waals surface area contributed by atoms with Crippen LogP contribution in [0.3, 0.4) is 0 Å². The number of carboxylic acids is 1. The van der Waals surface area contributed by atoms with Crippen LogP contribution in [0, 0.1) is 5.92 Å². The normalized spacial score (nSPS) is 24.1. The van der Waals surface area contributed by atoms with E-state index in [0.29, 0.717) is 12.8 Å². The van der Waals surface area contributed by atoms with Gasteiger partial charge in [0.05, 0.1) is 13.0 Å². The maximum Gasteiger partial charge on any atom is 0.336 e. The molecule has 1 heterocycles. The minimum absolute atomic E-state index is 0.409. The number of carbonyl (C=O) groups is 2. The minimum atomic E-state index is -0.785. The fraction of sp³-hybridized carbons (Fsp3) is 0.857. The first-order chi connectivity index (χ1) is 9.01. The smallest absolute Gasteiger partial charge is 0.336 e. The van der Waals surface area contributed by atoms with E-state index in [9.17, 15) is 14.7 Å². The number of aliphatic carboxylic acids is 1. The van der Waals surface area contributed by atoms with Crippen molar-refractivity contribution in [2.75, 3.05) is 7.11 Å². The van der Waals surface area contributed by atoms with Crippen LogP contribution in [-0.2, 0) is 19.2 Å². The summed E-state index contributed by atoms with van der Waals surface area (Å²) in [5.74, 6) is -1.64. The number of hydroxylamine groups is 2. The molecule has 0 aliphatic carbocycles. The summed E-state index contributed by atoms with van der Waals surface area (Å²) in [5.41, 5.74) is -0.958. The molecule has 1 atom stereocenters. The molecule has 1 fully saturated rings. The number of hydrogen-bond acceptors (Lipinski definition) is 5. The number of nitrogens with zero attached hydrogens (tertiary/aromatic N) is 1. The molecule has 1 rings (SSSR count). The predicted molar refractivity (Wildman–Crippen MR) is 72.9 cm³/mol. The molecule has 0 aromatic heterocycles. The maximum atomic E-state index is 11.5. The zero-order chi connectivity index (χ0) is 15.7. The van der Waals surface area contributed by atoms with E-state index < -0.39 is 35.0 Å². The summed E-state index contributed by atoms with van der Waals surface area (Å²) >= 11 is 0. The topological polar surface area (TPSA) is 76.1 Å². The summed E-state index contributed by atoms with van der Waals surface area (Å²) < 4.78 is 4.66. The largest absolute Gasteiger partial charge is 0.481 e. The molecule has 6 nitrogen and oxygen atoms in total. The molecule has 1 aliphatic rings. The van der Waals surface area contributed by atoms with Gasteiger partial charge in [0, 0.05) is 11.1 Å². The molecule has 1 aliphatic heterocycles. The molecule has 0 amide bonds. The highest BCUT2D eigenvalue weighted by Crippen LogP contribution is 2.42. The van der Waals surface area contributed by atoms with Crippen LogP contribution in [0.2, 0.25) is 0 Å². The second kappa shape index (κ2) is 5.69. The molecule has 0 spiro atoms. The number of piperidine rings is 1. The molecule has 1 saturated heterocycles. The summed E-state index contributed by atoms with van der Waals surface area (Å²) in [5, 5.41) is 11.0. The number of ether oxygens (including phenoxy) is 1. The summed E-state index contributed by atoms with van der Waals surface area (Å²) in [4.78, 5) is 28.6. The Hall–Kier alpha value is -1.14. The predicted octanol–water partition coefficient (Wildman–Crippen LogP) is 1.83. The second-order valence-electron chi connectivity index (χ2n) is 6.63. The van der Waals surface area contributed by atoms with Crippen molar-refractivity contribution in [2.45, 2.75) is 64.6 Å². The van der Waals surface area contributed by atoms with Crippen molar-refractivity contribution in [1.29, 1.82) is 0 Å². The van der Waals surface area contributed by atoms with E-state index in [-0.39, 0.29) is 0 Å². The Morgan fingerprint density at radius 3 is 2.00 bits per heavy atom. The molecule has 1 N–H and O–H groups in total. The van der Waals surface area contributed by atoms with Gasteiger partial charge in [-0.1, -0.05) is 0 Å². The van der Waals surface area contributed by atoms with Gasteiger partial charge in [-0.2, -0.15) is 5.06 Å². The summed E-state index contributed by atoms with van der Waals surface area (Å²) in [6, 6.07) is 0. The van der Waals surface area contributed by atoms with Crippen molar-refractivity contribution in [3.63, 3.8) is 0 Å². The second-order valence-corrected chi connectivity index (χ2v) is 6.63. The molecule has 6 heteroatoms. The van der Waals surface area contributed by atoms with Gasteiger partial charge in [-0.05, 0) is 47.5 Å². The molecule has 0 aromatic rings. The maximum absolute atomic E-state index is 11.5. The lowest BCUT2D eigenvalue weighted by atomic mass is 9.75. The number of rotatable bonds is 4. The quantitative estimate of drug-likeness (QED) is 0.795. The van der Waals surface area contributed by atoms with Crippen LogP contribution >= 0.6 is 0 Å². The summed E-state index contributed by atoms with van der Waals surface area (Å²) in [6.07, 6.45) is 0.221. The molecule has 0 saturated carbocycles. The van der Waals surface area contributed by atoms with Gasteiger partial charge in [0.2, 0.25) is 0 Å². The minimum Gasteiger partial charge on any atom is -0.481 e. The number of methoxy groups -OCH3 is 1. The molecule has 0 bridgehead atoms. The standard InChI is InChI=1S/C14H25NO5/c1-9(12(18)19-6)20-15-13(2,3)7-10(11(16)17)8-14(15,4)5/h9-10H,7-8H2,1-6H3,(H,16,17). The van der Waals surface area contributed by atoms with E-state index in [1.807, 2.05) is 27.7 Å². The highest BCUT2D eigenvalue weighted by atomic mass is 16.7. The van der Waals surface area contributed by atoms with Crippen molar-refractivity contribution >= 4 is 11.9 Å². The van der Waals surface area contributed by atoms with E-state index in [2.05, 4.69) is 4.74 Å². The highest BCUT2D eigenvalue weighted by Gasteiger charge is 2.49. The van der Waals surface area contributed by atoms with Crippen LogP contribution in [0.5, 0.6) is 0 Å². The lowest BCUT2D eigenvalue weighted by Gasteiger charge is -2.53. The van der Waals surface area contributed by atoms with Crippen LogP contribution < -0.4 is 0 Å². The van der Waals surface area contributed by atoms with Gasteiger partial charge in [0.25, 0.3) is 0 Å². The van der Waals surface area contributed by atoms with E-state index in [1.165, 1.54) is 7.11 Å². The molecule has 1 unspecified atom stereocenters. The van der Waals surface area contributed by atoms with Gasteiger partial charge in [-0.25, -0.2) is 4.79 Å². The van der Waals surface area contributed by atoms with E-state index in [0.717, 1.165) is 0 Å². The average Bonchev–Trinajstić information content (AvgIpc) is 2.31. The third kappa shape index (κ3) is 3.49. The van der Waals surface area contributed by atoms with Crippen molar-refractivity contribution in [3.05, 3.63) is 0 Å². The monoisotopic (exact) mass is 287 g/mol. The van der Waals surface area contributed by atoms with Gasteiger partial charge in [0.15, 0.2) is 6.10 Å². The number of esters is 1. The van der Waals surface area contributed by atoms with Crippen LogP contribution in [0.15, 0.2) is 0 Å². The number of carboxylic acid groups (broad SMARTS) is 1. The third-order valence-electron chi connectivity index (χ3n) is 3.74. The van der Waals surface area contributed by atoms with Crippen molar-refractivity contribution in [3.8, 4) is 0 Å². The van der Waals surface area contributed by atoms with Crippen LogP contribution in [0.1, 0.15) is 47.5 Å². The lowest BCUT2D eigenvalue weighted by Crippen LogP contribution is -2.62. The van der Waals surface area contributed by atoms with Crippen molar-refractivity contribution in [2.24, 2.45) is 5.92 Å². The van der Waals surface area contributed by atoms with Crippen LogP contribution in [-0.4, -0.2) is 46.4 Å². The first-order valence-electron chi connectivity index (χ1n) is 6.79. The SMILES string of the molecule is COC(=O)C(C)ON1C(C)(C)CC(C(=O)O)CC1(C)C. The molecule has 0 radical (unpaired) electrons. The zero-order valence-electron chi connectivity index (χ0n) is 13.1. The van der Waals surface area contributed by atoms with Gasteiger partial charge in [-0.15, -0.1) is 0 Å². The van der Waals surface area contributed by atoms with E-state index in [1.54, 1.807) is 12.0 Å². The van der Waals surface area contributed by atoms with Gasteiger partial charge in [-0.3, -0.25) is 9.63 Å². The molecule has 116 valence electrons. The Kier molecular flexibility index (Phi) is 4.82. The molecular formula is C14H25NO5. The average molecular weight is 287 g/mol. The summed E-state index contributed by atoms with van der Waals surface area (Å²) in [7, 11) is 1.31. The third-order valence-corrected chi connectivity index (χ3v) is 3.74. The zero-order valence-corrected chi connectivity index (χ0v) is 13.1. The van der Waals surface area contributed by atoms with E-state index in [4.69, 9.17) is 4.84 Å². The van der Waals surface area contributed by atoms with Gasteiger partial charge < -0.3 is 9.84 Å². The van der Waals surface area contributed by atoms with Crippen LogP contribution in [0.25, 0.3) is 0 Å². The van der Waals surface area contributed by atoms with Crippen molar-refractivity contribution < 1.29 is 24.3 Å². The fourth-order valence-corrected chi connectivity index (χ4v) is 3.09. The van der Waals surface area contributed by atoms with Gasteiger partial charge >= 0.3 is 11.9 Å². The van der Waals surface area contributed by atoms with Crippen molar-refractivity contribution in [1.82, 2.24) is 5.06 Å². The van der Waals surface area contributed by atoms with Gasteiger partial charge in [0.1, 0.15) is 0 Å². The number of hydrogen-bond donors (Lipinski definition) is 1. The summed E-state index contributed by atoms with van der Waals surface area (Å²) in [6.45, 7) is 9.32. The molecule has 0 aromatic carbocycles. The Morgan fingerprint density at radius 2 is 1.65 bits per heavy atom. The lowest BCUT2D eigenvalue weighted by molar-refractivity contribution is -0.304. The molecular weight excluding hydrogens is 262 g/mol. The van der Waals surface area contributed by atoms with Crippen LogP contribution in [0.4, 0.5) is 0 Å². The Labute approximate surface area is 120 Å². The first kappa shape index (κ1) is 16.9. The Balaban J connectivity index is 2.94. The first-order valence-corrected chi connectivity index (χ1v) is 6.79. The Morgan fingerprint density at radius 1 is 1.20 bits per heavy atom. The Bertz CT molecular complexity index is 373. The number of carbonyl (C=O) groups excluding carboxylic acids is 1. The highest BCUT2D eigenvalue weighted by molar-refractivity contribution is 5.74. The van der Waals surface area contributed by atoms with E-state index >= 15 is 0 Å². The fourth-order valence-electron chi connectivity index (χ4n) is 3.09. The molecule has 20 heavy (non-hydrogen) atoms.